The molecule has 0 saturated heterocycles. The third-order valence-corrected chi connectivity index (χ3v) is 6.65. The molecule has 1 fully saturated rings. The number of carbonyl (C=O) groups is 2. The summed E-state index contributed by atoms with van der Waals surface area (Å²) >= 11 is 0. The molecule has 1 saturated carbocycles. The Bertz CT molecular complexity index is 1240. The van der Waals surface area contributed by atoms with E-state index in [1.165, 1.54) is 31.7 Å². The molecule has 200 valence electrons. The maximum Gasteiger partial charge on any atom is 0.471 e. The quantitative estimate of drug-likeness (QED) is 0.310. The summed E-state index contributed by atoms with van der Waals surface area (Å²) in [6.07, 6.45) is 2.22. The zero-order chi connectivity index (χ0) is 27.1. The summed E-state index contributed by atoms with van der Waals surface area (Å²) in [4.78, 5) is 29.8. The van der Waals surface area contributed by atoms with Gasteiger partial charge in [0.1, 0.15) is 17.9 Å². The Labute approximate surface area is 219 Å². The molecule has 0 bridgehead atoms. The van der Waals surface area contributed by atoms with Crippen LogP contribution in [0.5, 0.6) is 5.75 Å². The first kappa shape index (κ1) is 27.2. The first-order valence-electron chi connectivity index (χ1n) is 12.5. The van der Waals surface area contributed by atoms with Gasteiger partial charge in [0.05, 0.1) is 19.3 Å². The average molecular weight is 527 g/mol. The Kier molecular flexibility index (Phi) is 8.66. The summed E-state index contributed by atoms with van der Waals surface area (Å²) in [7, 11) is 1.19. The molecule has 0 unspecified atom stereocenters. The summed E-state index contributed by atoms with van der Waals surface area (Å²) in [5.41, 5.74) is 2.11. The lowest BCUT2D eigenvalue weighted by atomic mass is 9.85. The van der Waals surface area contributed by atoms with Crippen LogP contribution in [0, 0.1) is 0 Å². The van der Waals surface area contributed by atoms with E-state index in [0.717, 1.165) is 36.8 Å². The van der Waals surface area contributed by atoms with Crippen LogP contribution >= 0.6 is 0 Å². The lowest BCUT2D eigenvalue weighted by Crippen LogP contribution is -2.41. The van der Waals surface area contributed by atoms with E-state index in [1.54, 1.807) is 12.3 Å². The minimum atomic E-state index is -5.12. The van der Waals surface area contributed by atoms with E-state index < -0.39 is 24.6 Å². The molecule has 0 N–H and O–H groups in total. The zero-order valence-corrected chi connectivity index (χ0v) is 21.0. The fourth-order valence-electron chi connectivity index (χ4n) is 4.61. The number of ether oxygens (including phenoxy) is 2. The predicted molar refractivity (Wildman–Crippen MR) is 136 cm³/mol. The number of hydrogen-bond acceptors (Lipinski definition) is 5. The number of aromatic nitrogens is 1. The largest absolute Gasteiger partial charge is 0.488 e. The van der Waals surface area contributed by atoms with E-state index in [4.69, 9.17) is 9.47 Å². The fourth-order valence-corrected chi connectivity index (χ4v) is 4.61. The predicted octanol–water partition coefficient (Wildman–Crippen LogP) is 6.59. The van der Waals surface area contributed by atoms with Gasteiger partial charge < -0.3 is 9.47 Å². The summed E-state index contributed by atoms with van der Waals surface area (Å²) in [6, 6.07) is 16.4. The van der Waals surface area contributed by atoms with Gasteiger partial charge in [-0.2, -0.15) is 13.2 Å². The molecule has 1 aromatic heterocycles. The van der Waals surface area contributed by atoms with Crippen molar-refractivity contribution in [3.05, 3.63) is 89.2 Å². The van der Waals surface area contributed by atoms with Gasteiger partial charge in [-0.05, 0) is 48.1 Å². The molecule has 0 spiro atoms. The van der Waals surface area contributed by atoms with Crippen LogP contribution in [0.1, 0.15) is 65.2 Å². The lowest BCUT2D eigenvalue weighted by Gasteiger charge is -2.25. The number of esters is 1. The van der Waals surface area contributed by atoms with Crippen molar-refractivity contribution in [1.82, 2.24) is 4.98 Å². The van der Waals surface area contributed by atoms with Gasteiger partial charge in [0.25, 0.3) is 0 Å². The normalized spacial score (nSPS) is 14.1. The number of alkyl halides is 3. The van der Waals surface area contributed by atoms with E-state index in [0.29, 0.717) is 16.5 Å². The van der Waals surface area contributed by atoms with E-state index in [-0.39, 0.29) is 23.6 Å². The Morgan fingerprint density at radius 2 is 1.74 bits per heavy atom. The van der Waals surface area contributed by atoms with Crippen LogP contribution in [0.3, 0.4) is 0 Å². The Morgan fingerprint density at radius 3 is 2.37 bits per heavy atom. The Morgan fingerprint density at radius 1 is 1.00 bits per heavy atom. The topological polar surface area (TPSA) is 68.7 Å². The number of carbonyl (C=O) groups excluding carboxylic acids is 2. The SMILES string of the molecule is COC(=O)c1ccc(N(Cc2ccc(C3CCCCC3)cn2)C(=O)C(F)(F)F)cc1OCc1ccccc1. The van der Waals surface area contributed by atoms with E-state index in [2.05, 4.69) is 4.98 Å². The third-order valence-electron chi connectivity index (χ3n) is 6.65. The van der Waals surface area contributed by atoms with Gasteiger partial charge in [0, 0.05) is 18.0 Å². The number of hydrogen-bond donors (Lipinski definition) is 0. The maximum atomic E-state index is 13.6. The molecule has 1 heterocycles. The summed E-state index contributed by atoms with van der Waals surface area (Å²) in [6.45, 7) is -0.343. The molecule has 3 aromatic rings. The molecule has 1 aliphatic rings. The molecule has 2 aromatic carbocycles. The number of rotatable bonds is 8. The van der Waals surface area contributed by atoms with Gasteiger partial charge in [0.2, 0.25) is 0 Å². The maximum absolute atomic E-state index is 13.6. The smallest absolute Gasteiger partial charge is 0.471 e. The molecular weight excluding hydrogens is 497 g/mol. The number of amides is 1. The molecule has 4 rings (SSSR count). The Balaban J connectivity index is 1.63. The second kappa shape index (κ2) is 12.1. The van der Waals surface area contributed by atoms with Gasteiger partial charge in [-0.3, -0.25) is 14.7 Å². The standard InChI is InChI=1S/C29H29F3N2O4/c1-37-27(35)25-15-14-24(16-26(25)38-19-20-8-4-2-5-9-20)34(28(36)29(30,31)32)18-23-13-12-22(17-33-23)21-10-6-3-7-11-21/h2,4-5,8-9,12-17,21H,3,6-7,10-11,18-19H2,1H3. The van der Waals surface area contributed by atoms with E-state index >= 15 is 0 Å². The van der Waals surface area contributed by atoms with Crippen LogP contribution < -0.4 is 9.64 Å². The number of methoxy groups -OCH3 is 1. The first-order chi connectivity index (χ1) is 18.3. The highest BCUT2D eigenvalue weighted by molar-refractivity contribution is 5.99. The first-order valence-corrected chi connectivity index (χ1v) is 12.5. The average Bonchev–Trinajstić information content (AvgIpc) is 2.95. The van der Waals surface area contributed by atoms with Crippen molar-refractivity contribution < 1.29 is 32.2 Å². The molecule has 0 atom stereocenters. The monoisotopic (exact) mass is 526 g/mol. The van der Waals surface area contributed by atoms with Crippen molar-refractivity contribution in [1.29, 1.82) is 0 Å². The Hall–Kier alpha value is -3.88. The minimum Gasteiger partial charge on any atom is -0.488 e. The van der Waals surface area contributed by atoms with Gasteiger partial charge in [0.15, 0.2) is 0 Å². The summed E-state index contributed by atoms with van der Waals surface area (Å²) in [5.74, 6) is -2.36. The number of nitrogens with zero attached hydrogens (tertiary/aromatic N) is 2. The molecule has 0 radical (unpaired) electrons. The van der Waals surface area contributed by atoms with Gasteiger partial charge >= 0.3 is 18.1 Å². The molecule has 1 amide bonds. The highest BCUT2D eigenvalue weighted by atomic mass is 19.4. The third kappa shape index (κ3) is 6.70. The van der Waals surface area contributed by atoms with E-state index in [1.807, 2.05) is 36.4 Å². The second-order valence-corrected chi connectivity index (χ2v) is 9.25. The van der Waals surface area contributed by atoms with Gasteiger partial charge in [-0.25, -0.2) is 4.79 Å². The van der Waals surface area contributed by atoms with Crippen LogP contribution in [0.25, 0.3) is 0 Å². The summed E-state index contributed by atoms with van der Waals surface area (Å²) < 4.78 is 51.4. The molecule has 1 aliphatic carbocycles. The molecule has 0 aliphatic heterocycles. The van der Waals surface area contributed by atoms with Crippen molar-refractivity contribution in [2.75, 3.05) is 12.0 Å². The van der Waals surface area contributed by atoms with Gasteiger partial charge in [-0.1, -0.05) is 55.7 Å². The molecular formula is C29H29F3N2O4. The van der Waals surface area contributed by atoms with Crippen LogP contribution in [0.2, 0.25) is 0 Å². The van der Waals surface area contributed by atoms with Crippen molar-refractivity contribution in [3.63, 3.8) is 0 Å². The number of pyridine rings is 1. The number of benzene rings is 2. The minimum absolute atomic E-state index is 0.00113. The van der Waals surface area contributed by atoms with Crippen LogP contribution in [0.4, 0.5) is 18.9 Å². The van der Waals surface area contributed by atoms with Crippen molar-refractivity contribution in [2.24, 2.45) is 0 Å². The van der Waals surface area contributed by atoms with E-state index in [9.17, 15) is 22.8 Å². The van der Waals surface area contributed by atoms with Gasteiger partial charge in [-0.15, -0.1) is 0 Å². The number of halogens is 3. The van der Waals surface area contributed by atoms with Crippen molar-refractivity contribution in [3.8, 4) is 5.75 Å². The molecule has 9 heteroatoms. The lowest BCUT2D eigenvalue weighted by molar-refractivity contribution is -0.170. The summed E-state index contributed by atoms with van der Waals surface area (Å²) in [5, 5.41) is 0. The van der Waals surface area contributed by atoms with Crippen LogP contribution in [-0.2, 0) is 22.7 Å². The fraction of sp³-hybridized carbons (Fsp3) is 0.345. The van der Waals surface area contributed by atoms with Crippen LogP contribution in [-0.4, -0.2) is 30.1 Å². The van der Waals surface area contributed by atoms with Crippen LogP contribution in [0.15, 0.2) is 66.9 Å². The molecule has 38 heavy (non-hydrogen) atoms. The van der Waals surface area contributed by atoms with Crippen molar-refractivity contribution >= 4 is 17.6 Å². The molecule has 6 nitrogen and oxygen atoms in total. The highest BCUT2D eigenvalue weighted by Gasteiger charge is 2.43. The zero-order valence-electron chi connectivity index (χ0n) is 21.0. The second-order valence-electron chi connectivity index (χ2n) is 9.25. The highest BCUT2D eigenvalue weighted by Crippen LogP contribution is 2.33. The number of anilines is 1. The van der Waals surface area contributed by atoms with Crippen molar-refractivity contribution in [2.45, 2.75) is 57.3 Å².